The third-order valence-corrected chi connectivity index (χ3v) is 12.7. The highest BCUT2D eigenvalue weighted by Gasteiger charge is 2.67. The van der Waals surface area contributed by atoms with Gasteiger partial charge in [-0.3, -0.25) is 24.0 Å². The van der Waals surface area contributed by atoms with Crippen LogP contribution in [0.2, 0.25) is 0 Å². The van der Waals surface area contributed by atoms with Crippen LogP contribution >= 0.6 is 0 Å². The standard InChI is InChI=1S/C43H50O16/c1-19-26(44)8-11-32(54-19)57-29-10-13-33(56-21(29)3)58-40-22(4)53-30(16-28(40)46)23-6-7-24-35(37(23)48)38(49)25-14-15-42(51)18-41(5,59-34-12-9-27(45)20(2)55-34)17-31(47)43(42,52)36(25)39(24)50/h6-8,11,14-15,19-22,28-30,32-34,40,46,48,51-52H,9-10,12-13,16-18H2,1-5H3/t19-,20-,21-,22+,28+,29-,30+,32-,33?,34-,40+,41-,42-,43-/m0/s1. The molecule has 59 heavy (non-hydrogen) atoms. The Balaban J connectivity index is 0.949. The molecule has 3 saturated heterocycles. The van der Waals surface area contributed by atoms with Crippen LogP contribution < -0.4 is 0 Å². The smallest absolute Gasteiger partial charge is 0.198 e. The lowest BCUT2D eigenvalue weighted by Crippen LogP contribution is -2.69. The molecule has 4 fully saturated rings. The first-order valence-electron chi connectivity index (χ1n) is 20.2. The summed E-state index contributed by atoms with van der Waals surface area (Å²) in [6, 6.07) is 2.69. The maximum atomic E-state index is 14.2. The molecule has 7 aliphatic rings. The van der Waals surface area contributed by atoms with Gasteiger partial charge in [-0.05, 0) is 65.3 Å². The molecular formula is C43H50O16. The summed E-state index contributed by atoms with van der Waals surface area (Å²) in [7, 11) is 0. The molecule has 0 amide bonds. The highest BCUT2D eigenvalue weighted by atomic mass is 16.7. The molecular weight excluding hydrogens is 772 g/mol. The second-order valence-corrected chi connectivity index (χ2v) is 17.1. The van der Waals surface area contributed by atoms with E-state index in [9.17, 15) is 44.4 Å². The maximum absolute atomic E-state index is 14.2. The van der Waals surface area contributed by atoms with Crippen molar-refractivity contribution in [3.05, 3.63) is 64.3 Å². The van der Waals surface area contributed by atoms with E-state index in [1.807, 2.05) is 6.92 Å². The molecule has 4 N–H and O–H groups in total. The number of allylic oxidation sites excluding steroid dienone is 2. The molecule has 0 aromatic heterocycles. The van der Waals surface area contributed by atoms with Gasteiger partial charge in [0.2, 0.25) is 0 Å². The van der Waals surface area contributed by atoms with Crippen LogP contribution in [0.4, 0.5) is 0 Å². The van der Waals surface area contributed by atoms with Crippen LogP contribution in [-0.2, 0) is 47.5 Å². The van der Waals surface area contributed by atoms with E-state index in [0.717, 1.165) is 6.08 Å². The summed E-state index contributed by atoms with van der Waals surface area (Å²) in [5.74, 6) is -3.50. The van der Waals surface area contributed by atoms with E-state index in [4.69, 9.17) is 33.2 Å². The molecule has 16 nitrogen and oxygen atoms in total. The monoisotopic (exact) mass is 822 g/mol. The lowest BCUT2D eigenvalue weighted by molar-refractivity contribution is -0.292. The number of hydrogen-bond donors (Lipinski definition) is 4. The minimum Gasteiger partial charge on any atom is -0.507 e. The number of carbonyl (C=O) groups is 5. The first-order valence-corrected chi connectivity index (χ1v) is 20.2. The molecule has 3 aliphatic carbocycles. The summed E-state index contributed by atoms with van der Waals surface area (Å²) < 4.78 is 42.0. The van der Waals surface area contributed by atoms with Gasteiger partial charge in [-0.25, -0.2) is 0 Å². The predicted octanol–water partition coefficient (Wildman–Crippen LogP) is 2.71. The molecule has 1 aromatic carbocycles. The number of Topliss-reactive ketones (excluding diaryl/α,β-unsaturated/α-hetero) is 4. The van der Waals surface area contributed by atoms with Gasteiger partial charge in [0.15, 0.2) is 53.4 Å². The normalized spacial score (nSPS) is 42.4. The van der Waals surface area contributed by atoms with Crippen molar-refractivity contribution >= 4 is 28.9 Å². The Bertz CT molecular complexity index is 2040. The number of phenolic OH excluding ortho intramolecular Hbond substituents is 1. The third kappa shape index (κ3) is 7.20. The van der Waals surface area contributed by atoms with Crippen LogP contribution in [0.1, 0.15) is 112 Å². The Morgan fingerprint density at radius 1 is 0.831 bits per heavy atom. The second-order valence-electron chi connectivity index (χ2n) is 17.1. The molecule has 318 valence electrons. The first kappa shape index (κ1) is 41.9. The number of aliphatic hydroxyl groups is 3. The summed E-state index contributed by atoms with van der Waals surface area (Å²) in [5, 5.41) is 47.0. The topological polar surface area (TPSA) is 231 Å². The zero-order valence-electron chi connectivity index (χ0n) is 33.5. The molecule has 16 heteroatoms. The van der Waals surface area contributed by atoms with Crippen molar-refractivity contribution in [3.63, 3.8) is 0 Å². The second kappa shape index (κ2) is 15.3. The van der Waals surface area contributed by atoms with Crippen LogP contribution in [-0.4, -0.2) is 128 Å². The lowest BCUT2D eigenvalue weighted by atomic mass is 9.57. The Kier molecular flexibility index (Phi) is 10.8. The minimum atomic E-state index is -2.81. The van der Waals surface area contributed by atoms with E-state index in [1.165, 1.54) is 24.3 Å². The minimum absolute atomic E-state index is 0.0448. The summed E-state index contributed by atoms with van der Waals surface area (Å²) in [6.45, 7) is 8.36. The van der Waals surface area contributed by atoms with Gasteiger partial charge >= 0.3 is 0 Å². The number of hydrogen-bond acceptors (Lipinski definition) is 16. The SMILES string of the molecule is C[C@@H]1O[C@@H](O[C@H]2CCC(O[C@H]3[C@H](O)C[C@H](c4ccc5c(c4O)C(=O)C4=C(C5=O)[C@@]5(O)C(=O)C[C@](C)(O[C@H]6CCC(=O)[C@H](C)O6)C[C@@]5(O)C=C4)O[C@@H]3C)O[C@H]2C)C=CC1=O. The molecule has 14 atom stereocenters. The number of fused-ring (bicyclic) bond motifs is 3. The van der Waals surface area contributed by atoms with Crippen LogP contribution in [0, 0.1) is 0 Å². The van der Waals surface area contributed by atoms with Crippen molar-refractivity contribution in [1.82, 2.24) is 0 Å². The lowest BCUT2D eigenvalue weighted by Gasteiger charge is -2.53. The van der Waals surface area contributed by atoms with Gasteiger partial charge in [0, 0.05) is 55.2 Å². The number of carbonyl (C=O) groups excluding carboxylic acids is 5. The maximum Gasteiger partial charge on any atom is 0.198 e. The number of aromatic hydroxyl groups is 1. The average molecular weight is 823 g/mol. The third-order valence-electron chi connectivity index (χ3n) is 12.7. The summed E-state index contributed by atoms with van der Waals surface area (Å²) in [4.78, 5) is 66.1. The Morgan fingerprint density at radius 3 is 2.29 bits per heavy atom. The van der Waals surface area contributed by atoms with Crippen LogP contribution in [0.15, 0.2) is 47.6 Å². The number of phenols is 1. The molecule has 0 bridgehead atoms. The Morgan fingerprint density at radius 2 is 1.59 bits per heavy atom. The van der Waals surface area contributed by atoms with E-state index in [0.29, 0.717) is 12.8 Å². The quantitative estimate of drug-likeness (QED) is 0.310. The molecule has 1 aromatic rings. The number of ether oxygens (including phenoxy) is 7. The highest BCUT2D eigenvalue weighted by molar-refractivity contribution is 6.32. The summed E-state index contributed by atoms with van der Waals surface area (Å²) >= 11 is 0. The zero-order chi connectivity index (χ0) is 42.3. The number of benzene rings is 1. The molecule has 0 radical (unpaired) electrons. The molecule has 1 unspecified atom stereocenters. The highest BCUT2D eigenvalue weighted by Crippen LogP contribution is 2.53. The Hall–Kier alpha value is -3.81. The number of rotatable bonds is 7. The van der Waals surface area contributed by atoms with Crippen LogP contribution in [0.5, 0.6) is 5.75 Å². The summed E-state index contributed by atoms with van der Waals surface area (Å²) in [6.07, 6.45) is -1.91. The number of ketones is 5. The van der Waals surface area contributed by atoms with E-state index in [-0.39, 0.29) is 65.6 Å². The van der Waals surface area contributed by atoms with Gasteiger partial charge in [-0.2, -0.15) is 0 Å². The fourth-order valence-corrected chi connectivity index (χ4v) is 9.57. The van der Waals surface area contributed by atoms with Crippen molar-refractivity contribution in [2.45, 2.75) is 164 Å². The van der Waals surface area contributed by atoms with Crippen LogP contribution in [0.3, 0.4) is 0 Å². The van der Waals surface area contributed by atoms with Crippen LogP contribution in [0.25, 0.3) is 0 Å². The molecule has 1 saturated carbocycles. The van der Waals surface area contributed by atoms with E-state index in [1.54, 1.807) is 33.8 Å². The van der Waals surface area contributed by atoms with Gasteiger partial charge < -0.3 is 53.6 Å². The molecule has 0 spiro atoms. The van der Waals surface area contributed by atoms with E-state index < -0.39 is 113 Å². The zero-order valence-corrected chi connectivity index (χ0v) is 33.5. The molecule has 8 rings (SSSR count). The molecule has 4 aliphatic heterocycles. The van der Waals surface area contributed by atoms with E-state index in [2.05, 4.69) is 0 Å². The Labute approximate surface area is 340 Å². The largest absolute Gasteiger partial charge is 0.507 e. The van der Waals surface area contributed by atoms with E-state index >= 15 is 0 Å². The summed E-state index contributed by atoms with van der Waals surface area (Å²) in [5.41, 5.74) is -7.99. The van der Waals surface area contributed by atoms with Gasteiger partial charge in [0.1, 0.15) is 29.7 Å². The van der Waals surface area contributed by atoms with Gasteiger partial charge in [0.05, 0.1) is 47.3 Å². The average Bonchev–Trinajstić information content (AvgIpc) is 3.16. The van der Waals surface area contributed by atoms with Crippen molar-refractivity contribution in [2.75, 3.05) is 0 Å². The van der Waals surface area contributed by atoms with Crippen molar-refractivity contribution in [3.8, 4) is 5.75 Å². The fourth-order valence-electron chi connectivity index (χ4n) is 9.57. The number of aliphatic hydroxyl groups excluding tert-OH is 1. The van der Waals surface area contributed by atoms with Gasteiger partial charge in [-0.1, -0.05) is 12.1 Å². The van der Waals surface area contributed by atoms with Crippen molar-refractivity contribution < 1.29 is 77.6 Å². The van der Waals surface area contributed by atoms with Crippen molar-refractivity contribution in [1.29, 1.82) is 0 Å². The van der Waals surface area contributed by atoms with Gasteiger partial charge in [0.25, 0.3) is 0 Å². The predicted molar refractivity (Wildman–Crippen MR) is 201 cm³/mol. The fraction of sp³-hybridized carbons (Fsp3) is 0.605. The van der Waals surface area contributed by atoms with Gasteiger partial charge in [-0.15, -0.1) is 0 Å². The molecule has 4 heterocycles. The van der Waals surface area contributed by atoms with Crippen molar-refractivity contribution in [2.24, 2.45) is 0 Å². The first-order chi connectivity index (χ1) is 27.8.